The largest absolute Gasteiger partial charge is 0.484 e. The Hall–Kier alpha value is -1.96. The number of urea groups is 1. The van der Waals surface area contributed by atoms with Crippen LogP contribution < -0.4 is 15.4 Å². The second-order valence-electron chi connectivity index (χ2n) is 5.89. The van der Waals surface area contributed by atoms with Gasteiger partial charge in [-0.05, 0) is 31.9 Å². The molecule has 24 heavy (non-hydrogen) atoms. The second kappa shape index (κ2) is 7.74. The minimum absolute atomic E-state index is 0.0582. The number of amides is 2. The number of alkyl halides is 3. The Balaban J connectivity index is 1.97. The van der Waals surface area contributed by atoms with Crippen molar-refractivity contribution >= 4 is 11.7 Å². The number of nitrogens with one attached hydrogen (secondary N) is 2. The van der Waals surface area contributed by atoms with Gasteiger partial charge in [-0.3, -0.25) is 0 Å². The third-order valence-corrected chi connectivity index (χ3v) is 3.97. The fourth-order valence-electron chi connectivity index (χ4n) is 2.67. The summed E-state index contributed by atoms with van der Waals surface area (Å²) in [5, 5.41) is 15.2. The lowest BCUT2D eigenvalue weighted by Crippen LogP contribution is -2.46. The monoisotopic (exact) mass is 346 g/mol. The number of carbonyl (C=O) groups excluding carboxylic acids is 1. The Bertz CT molecular complexity index is 578. The van der Waals surface area contributed by atoms with E-state index in [1.807, 2.05) is 0 Å². The molecule has 0 radical (unpaired) electrons. The number of ether oxygens (including phenoxy) is 1. The number of hydrogen-bond donors (Lipinski definition) is 3. The maximum Gasteiger partial charge on any atom is 0.422 e. The van der Waals surface area contributed by atoms with Crippen molar-refractivity contribution in [2.75, 3.05) is 11.9 Å². The minimum atomic E-state index is -4.43. The van der Waals surface area contributed by atoms with Crippen LogP contribution in [0.3, 0.4) is 0 Å². The molecule has 0 spiro atoms. The van der Waals surface area contributed by atoms with E-state index in [1.165, 1.54) is 12.1 Å². The summed E-state index contributed by atoms with van der Waals surface area (Å²) in [6.07, 6.45) is -1.80. The topological polar surface area (TPSA) is 70.6 Å². The Morgan fingerprint density at radius 2 is 2.04 bits per heavy atom. The molecule has 0 heterocycles. The van der Waals surface area contributed by atoms with Gasteiger partial charge in [-0.2, -0.15) is 13.2 Å². The minimum Gasteiger partial charge on any atom is -0.484 e. The molecule has 8 heteroatoms. The van der Waals surface area contributed by atoms with Crippen LogP contribution in [0, 0.1) is 6.92 Å². The molecule has 1 aromatic carbocycles. The summed E-state index contributed by atoms with van der Waals surface area (Å²) in [6, 6.07) is 3.67. The maximum absolute atomic E-state index is 12.3. The molecule has 2 unspecified atom stereocenters. The van der Waals surface area contributed by atoms with Crippen molar-refractivity contribution in [3.63, 3.8) is 0 Å². The first-order valence-corrected chi connectivity index (χ1v) is 7.81. The standard InChI is InChI=1S/C16H21F3N2O3/c1-10-11(6-4-8-14(10)24-9-16(17,18)19)20-15(23)21-12-5-2-3-7-13(12)22/h4,6,8,12-13,22H,2-3,5,7,9H2,1H3,(H2,20,21,23). The molecule has 0 saturated heterocycles. The summed E-state index contributed by atoms with van der Waals surface area (Å²) < 4.78 is 41.5. The van der Waals surface area contributed by atoms with E-state index >= 15 is 0 Å². The average molecular weight is 346 g/mol. The van der Waals surface area contributed by atoms with E-state index in [0.29, 0.717) is 24.1 Å². The molecule has 2 atom stereocenters. The lowest BCUT2D eigenvalue weighted by atomic mass is 9.93. The van der Waals surface area contributed by atoms with Gasteiger partial charge >= 0.3 is 12.2 Å². The van der Waals surface area contributed by atoms with Gasteiger partial charge in [0.1, 0.15) is 5.75 Å². The van der Waals surface area contributed by atoms with Crippen LogP contribution in [-0.4, -0.2) is 36.1 Å². The highest BCUT2D eigenvalue weighted by Gasteiger charge is 2.29. The summed E-state index contributed by atoms with van der Waals surface area (Å²) in [5.41, 5.74) is 0.763. The van der Waals surface area contributed by atoms with Gasteiger partial charge in [-0.1, -0.05) is 18.9 Å². The Labute approximate surface area is 138 Å². The quantitative estimate of drug-likeness (QED) is 0.783. The molecule has 2 rings (SSSR count). The lowest BCUT2D eigenvalue weighted by molar-refractivity contribution is -0.153. The molecule has 0 bridgehead atoms. The normalized spacial score (nSPS) is 21.2. The van der Waals surface area contributed by atoms with E-state index in [-0.39, 0.29) is 11.8 Å². The van der Waals surface area contributed by atoms with Gasteiger partial charge in [-0.15, -0.1) is 0 Å². The summed E-state index contributed by atoms with van der Waals surface area (Å²) in [4.78, 5) is 12.1. The number of anilines is 1. The SMILES string of the molecule is Cc1c(NC(=O)NC2CCCCC2O)cccc1OCC(F)(F)F. The van der Waals surface area contributed by atoms with Gasteiger partial charge in [-0.25, -0.2) is 4.79 Å². The molecule has 134 valence electrons. The zero-order valence-electron chi connectivity index (χ0n) is 13.3. The molecule has 0 aliphatic heterocycles. The Kier molecular flexibility index (Phi) is 5.93. The van der Waals surface area contributed by atoms with Crippen molar-refractivity contribution in [3.8, 4) is 5.75 Å². The number of aliphatic hydroxyl groups is 1. The van der Waals surface area contributed by atoms with Gasteiger partial charge < -0.3 is 20.5 Å². The molecular weight excluding hydrogens is 325 g/mol. The number of benzene rings is 1. The molecule has 0 aromatic heterocycles. The van der Waals surface area contributed by atoms with Crippen LogP contribution in [0.25, 0.3) is 0 Å². The highest BCUT2D eigenvalue weighted by atomic mass is 19.4. The first-order chi connectivity index (χ1) is 11.3. The highest BCUT2D eigenvalue weighted by Crippen LogP contribution is 2.27. The summed E-state index contributed by atoms with van der Waals surface area (Å²) in [6.45, 7) is 0.175. The van der Waals surface area contributed by atoms with E-state index in [2.05, 4.69) is 10.6 Å². The van der Waals surface area contributed by atoms with Gasteiger partial charge in [0.05, 0.1) is 12.1 Å². The van der Waals surface area contributed by atoms with E-state index in [0.717, 1.165) is 12.8 Å². The fraction of sp³-hybridized carbons (Fsp3) is 0.562. The third-order valence-electron chi connectivity index (χ3n) is 3.97. The van der Waals surface area contributed by atoms with Gasteiger partial charge in [0.25, 0.3) is 0 Å². The van der Waals surface area contributed by atoms with Crippen LogP contribution in [0.4, 0.5) is 23.7 Å². The van der Waals surface area contributed by atoms with Crippen LogP contribution in [0.1, 0.15) is 31.2 Å². The van der Waals surface area contributed by atoms with Crippen molar-refractivity contribution in [2.45, 2.75) is 50.9 Å². The molecule has 1 aromatic rings. The average Bonchev–Trinajstić information content (AvgIpc) is 2.49. The van der Waals surface area contributed by atoms with Crippen molar-refractivity contribution in [1.82, 2.24) is 5.32 Å². The third kappa shape index (κ3) is 5.30. The van der Waals surface area contributed by atoms with Crippen LogP contribution >= 0.6 is 0 Å². The Morgan fingerprint density at radius 3 is 2.71 bits per heavy atom. The van der Waals surface area contributed by atoms with Gasteiger partial charge in [0.2, 0.25) is 0 Å². The summed E-state index contributed by atoms with van der Waals surface area (Å²) in [7, 11) is 0. The van der Waals surface area contributed by atoms with Crippen LogP contribution in [0.2, 0.25) is 0 Å². The van der Waals surface area contributed by atoms with Crippen molar-refractivity contribution in [2.24, 2.45) is 0 Å². The fourth-order valence-corrected chi connectivity index (χ4v) is 2.67. The molecular formula is C16H21F3N2O3. The van der Waals surface area contributed by atoms with Crippen LogP contribution in [0.15, 0.2) is 18.2 Å². The predicted octanol–water partition coefficient (Wildman–Crippen LogP) is 3.36. The van der Waals surface area contributed by atoms with Crippen LogP contribution in [0.5, 0.6) is 5.75 Å². The first kappa shape index (κ1) is 18.4. The number of halogens is 3. The number of carbonyl (C=O) groups is 1. The molecule has 1 aliphatic carbocycles. The number of aliphatic hydroxyl groups excluding tert-OH is 1. The van der Waals surface area contributed by atoms with Gasteiger partial charge in [0, 0.05) is 11.3 Å². The van der Waals surface area contributed by atoms with E-state index in [1.54, 1.807) is 13.0 Å². The van der Waals surface area contributed by atoms with Crippen molar-refractivity contribution in [3.05, 3.63) is 23.8 Å². The summed E-state index contributed by atoms with van der Waals surface area (Å²) >= 11 is 0. The summed E-state index contributed by atoms with van der Waals surface area (Å²) in [5.74, 6) is 0.0582. The second-order valence-corrected chi connectivity index (χ2v) is 5.89. The zero-order valence-corrected chi connectivity index (χ0v) is 13.3. The predicted molar refractivity (Wildman–Crippen MR) is 83.1 cm³/mol. The Morgan fingerprint density at radius 1 is 1.33 bits per heavy atom. The van der Waals surface area contributed by atoms with E-state index < -0.39 is 24.9 Å². The lowest BCUT2D eigenvalue weighted by Gasteiger charge is -2.28. The first-order valence-electron chi connectivity index (χ1n) is 7.81. The zero-order chi connectivity index (χ0) is 17.7. The van der Waals surface area contributed by atoms with E-state index in [4.69, 9.17) is 4.74 Å². The molecule has 5 nitrogen and oxygen atoms in total. The van der Waals surface area contributed by atoms with E-state index in [9.17, 15) is 23.1 Å². The van der Waals surface area contributed by atoms with Crippen molar-refractivity contribution in [1.29, 1.82) is 0 Å². The van der Waals surface area contributed by atoms with Gasteiger partial charge in [0.15, 0.2) is 6.61 Å². The molecule has 3 N–H and O–H groups in total. The molecule has 1 aliphatic rings. The van der Waals surface area contributed by atoms with Crippen molar-refractivity contribution < 1.29 is 27.8 Å². The smallest absolute Gasteiger partial charge is 0.422 e. The number of rotatable bonds is 4. The van der Waals surface area contributed by atoms with Crippen LogP contribution in [-0.2, 0) is 0 Å². The molecule has 1 fully saturated rings. The maximum atomic E-state index is 12.3. The number of hydrogen-bond acceptors (Lipinski definition) is 3. The highest BCUT2D eigenvalue weighted by molar-refractivity contribution is 5.90. The molecule has 1 saturated carbocycles. The molecule has 2 amide bonds.